The first kappa shape index (κ1) is 14.3. The maximum absolute atomic E-state index is 11.9. The van der Waals surface area contributed by atoms with Crippen LogP contribution in [-0.4, -0.2) is 18.8 Å². The Hall–Kier alpha value is -1.72. The third-order valence-corrected chi connectivity index (χ3v) is 1.99. The molecule has 0 heterocycles. The number of ketones is 1. The molecule has 100 valence electrons. The van der Waals surface area contributed by atoms with Crippen LogP contribution in [0.5, 0.6) is 11.5 Å². The van der Waals surface area contributed by atoms with Crippen LogP contribution in [0, 0.1) is 0 Å². The van der Waals surface area contributed by atoms with E-state index in [-0.39, 0.29) is 18.1 Å². The molecule has 6 heteroatoms. The van der Waals surface area contributed by atoms with Crippen LogP contribution in [0.2, 0.25) is 0 Å². The highest BCUT2D eigenvalue weighted by atomic mass is 19.4. The van der Waals surface area contributed by atoms with Crippen molar-refractivity contribution in [1.29, 1.82) is 0 Å². The number of rotatable bonds is 6. The van der Waals surface area contributed by atoms with Gasteiger partial charge in [-0.1, -0.05) is 6.92 Å². The fourth-order valence-corrected chi connectivity index (χ4v) is 1.25. The van der Waals surface area contributed by atoms with Gasteiger partial charge in [-0.25, -0.2) is 0 Å². The van der Waals surface area contributed by atoms with Crippen LogP contribution < -0.4 is 9.47 Å². The van der Waals surface area contributed by atoms with Crippen LogP contribution in [0.4, 0.5) is 13.2 Å². The molecular weight excluding hydrogens is 249 g/mol. The average molecular weight is 262 g/mol. The highest BCUT2D eigenvalue weighted by Crippen LogP contribution is 2.24. The van der Waals surface area contributed by atoms with Crippen molar-refractivity contribution in [2.24, 2.45) is 0 Å². The molecule has 0 fully saturated rings. The zero-order chi connectivity index (χ0) is 13.6. The van der Waals surface area contributed by atoms with E-state index in [2.05, 4.69) is 4.74 Å². The van der Waals surface area contributed by atoms with Gasteiger partial charge < -0.3 is 9.47 Å². The number of Topliss-reactive ketones (excluding diaryl/α,β-unsaturated/α-hetero) is 1. The standard InChI is InChI=1S/C12H13F3O3/c1-2-3-9(16)8-17-10-4-6-11(7-5-10)18-12(13,14)15/h4-7H,2-3,8H2,1H3. The van der Waals surface area contributed by atoms with Gasteiger partial charge in [-0.3, -0.25) is 4.79 Å². The van der Waals surface area contributed by atoms with Crippen LogP contribution in [0.3, 0.4) is 0 Å². The molecule has 18 heavy (non-hydrogen) atoms. The Morgan fingerprint density at radius 1 is 1.17 bits per heavy atom. The molecule has 0 radical (unpaired) electrons. The second-order valence-corrected chi connectivity index (χ2v) is 3.60. The van der Waals surface area contributed by atoms with Crippen molar-refractivity contribution in [2.45, 2.75) is 26.1 Å². The second-order valence-electron chi connectivity index (χ2n) is 3.60. The zero-order valence-electron chi connectivity index (χ0n) is 9.79. The number of halogens is 3. The lowest BCUT2D eigenvalue weighted by atomic mass is 10.2. The minimum atomic E-state index is -4.71. The van der Waals surface area contributed by atoms with E-state index < -0.39 is 6.36 Å². The lowest BCUT2D eigenvalue weighted by Gasteiger charge is -2.09. The van der Waals surface area contributed by atoms with Gasteiger partial charge in [0, 0.05) is 6.42 Å². The third kappa shape index (κ3) is 5.56. The molecule has 0 saturated heterocycles. The first-order valence-electron chi connectivity index (χ1n) is 5.41. The summed E-state index contributed by atoms with van der Waals surface area (Å²) in [6.07, 6.45) is -3.55. The molecule has 0 aliphatic carbocycles. The van der Waals surface area contributed by atoms with Crippen LogP contribution in [0.15, 0.2) is 24.3 Å². The van der Waals surface area contributed by atoms with Gasteiger partial charge in [-0.05, 0) is 30.7 Å². The molecular formula is C12H13F3O3. The molecule has 0 atom stereocenters. The molecule has 3 nitrogen and oxygen atoms in total. The number of carbonyl (C=O) groups excluding carboxylic acids is 1. The van der Waals surface area contributed by atoms with Crippen molar-refractivity contribution in [2.75, 3.05) is 6.61 Å². The Labute approximate surface area is 103 Å². The molecule has 0 aliphatic heterocycles. The molecule has 0 spiro atoms. The summed E-state index contributed by atoms with van der Waals surface area (Å²) in [5.74, 6) is -0.0446. The quantitative estimate of drug-likeness (QED) is 0.788. The van der Waals surface area contributed by atoms with Gasteiger partial charge in [0.2, 0.25) is 0 Å². The van der Waals surface area contributed by atoms with Gasteiger partial charge >= 0.3 is 6.36 Å². The predicted molar refractivity (Wildman–Crippen MR) is 58.5 cm³/mol. The lowest BCUT2D eigenvalue weighted by Crippen LogP contribution is -2.17. The number of carbonyl (C=O) groups is 1. The average Bonchev–Trinajstić information content (AvgIpc) is 2.26. The molecule has 0 amide bonds. The van der Waals surface area contributed by atoms with Crippen LogP contribution in [0.1, 0.15) is 19.8 Å². The number of hydrogen-bond donors (Lipinski definition) is 0. The minimum absolute atomic E-state index is 0.0480. The maximum atomic E-state index is 11.9. The lowest BCUT2D eigenvalue weighted by molar-refractivity contribution is -0.274. The summed E-state index contributed by atoms with van der Waals surface area (Å²) in [5, 5.41) is 0. The van der Waals surface area contributed by atoms with Crippen molar-refractivity contribution in [1.82, 2.24) is 0 Å². The summed E-state index contributed by atoms with van der Waals surface area (Å²) < 4.78 is 44.5. The van der Waals surface area contributed by atoms with E-state index in [0.29, 0.717) is 12.2 Å². The Kier molecular flexibility index (Phi) is 5.00. The summed E-state index contributed by atoms with van der Waals surface area (Å²) in [6, 6.07) is 4.90. The molecule has 0 unspecified atom stereocenters. The summed E-state index contributed by atoms with van der Waals surface area (Å²) in [5.41, 5.74) is 0. The SMILES string of the molecule is CCCC(=O)COc1ccc(OC(F)(F)F)cc1. The van der Waals surface area contributed by atoms with E-state index in [1.54, 1.807) is 0 Å². The molecule has 1 aromatic carbocycles. The van der Waals surface area contributed by atoms with Crippen LogP contribution in [-0.2, 0) is 4.79 Å². The smallest absolute Gasteiger partial charge is 0.486 e. The van der Waals surface area contributed by atoms with E-state index in [1.807, 2.05) is 6.92 Å². The summed E-state index contributed by atoms with van der Waals surface area (Å²) in [6.45, 7) is 1.80. The highest BCUT2D eigenvalue weighted by molar-refractivity contribution is 5.79. The number of alkyl halides is 3. The molecule has 0 aromatic heterocycles. The Bertz CT molecular complexity index is 385. The summed E-state index contributed by atoms with van der Waals surface area (Å²) in [4.78, 5) is 11.2. The van der Waals surface area contributed by atoms with E-state index in [0.717, 1.165) is 18.6 Å². The van der Waals surface area contributed by atoms with E-state index in [1.165, 1.54) is 12.1 Å². The van der Waals surface area contributed by atoms with Crippen molar-refractivity contribution >= 4 is 5.78 Å². The van der Waals surface area contributed by atoms with E-state index >= 15 is 0 Å². The number of ether oxygens (including phenoxy) is 2. The van der Waals surface area contributed by atoms with Crippen molar-refractivity contribution < 1.29 is 27.4 Å². The van der Waals surface area contributed by atoms with Crippen molar-refractivity contribution in [3.8, 4) is 11.5 Å². The molecule has 0 N–H and O–H groups in total. The largest absolute Gasteiger partial charge is 0.573 e. The first-order chi connectivity index (χ1) is 8.40. The Balaban J connectivity index is 2.48. The molecule has 0 aliphatic rings. The van der Waals surface area contributed by atoms with E-state index in [9.17, 15) is 18.0 Å². The summed E-state index contributed by atoms with van der Waals surface area (Å²) in [7, 11) is 0. The molecule has 0 bridgehead atoms. The predicted octanol–water partition coefficient (Wildman–Crippen LogP) is 3.33. The topological polar surface area (TPSA) is 35.5 Å². The number of hydrogen-bond acceptors (Lipinski definition) is 3. The Morgan fingerprint density at radius 3 is 2.22 bits per heavy atom. The van der Waals surface area contributed by atoms with Gasteiger partial charge in [0.25, 0.3) is 0 Å². The fourth-order valence-electron chi connectivity index (χ4n) is 1.25. The van der Waals surface area contributed by atoms with Gasteiger partial charge in [0.05, 0.1) is 0 Å². The monoisotopic (exact) mass is 262 g/mol. The zero-order valence-corrected chi connectivity index (χ0v) is 9.79. The van der Waals surface area contributed by atoms with Crippen LogP contribution >= 0.6 is 0 Å². The van der Waals surface area contributed by atoms with Gasteiger partial charge in [0.15, 0.2) is 5.78 Å². The minimum Gasteiger partial charge on any atom is -0.486 e. The Morgan fingerprint density at radius 2 is 1.72 bits per heavy atom. The van der Waals surface area contributed by atoms with Crippen LogP contribution in [0.25, 0.3) is 0 Å². The molecule has 0 saturated carbocycles. The normalized spacial score (nSPS) is 11.1. The van der Waals surface area contributed by atoms with Gasteiger partial charge in [-0.2, -0.15) is 0 Å². The van der Waals surface area contributed by atoms with Gasteiger partial charge in [-0.15, -0.1) is 13.2 Å². The van der Waals surface area contributed by atoms with Crippen molar-refractivity contribution in [3.05, 3.63) is 24.3 Å². The molecule has 1 aromatic rings. The second kappa shape index (κ2) is 6.28. The fraction of sp³-hybridized carbons (Fsp3) is 0.417. The maximum Gasteiger partial charge on any atom is 0.573 e. The number of benzene rings is 1. The van der Waals surface area contributed by atoms with E-state index in [4.69, 9.17) is 4.74 Å². The summed E-state index contributed by atoms with van der Waals surface area (Å²) >= 11 is 0. The third-order valence-electron chi connectivity index (χ3n) is 1.99. The highest BCUT2D eigenvalue weighted by Gasteiger charge is 2.30. The van der Waals surface area contributed by atoms with Crippen molar-refractivity contribution in [3.63, 3.8) is 0 Å². The first-order valence-corrected chi connectivity index (χ1v) is 5.41. The molecule has 1 rings (SSSR count). The van der Waals surface area contributed by atoms with Gasteiger partial charge in [0.1, 0.15) is 18.1 Å².